The number of methoxy groups -OCH3 is 1. The van der Waals surface area contributed by atoms with Crippen molar-refractivity contribution in [3.8, 4) is 5.75 Å². The first-order valence-corrected chi connectivity index (χ1v) is 9.40. The van der Waals surface area contributed by atoms with E-state index in [0.717, 1.165) is 11.4 Å². The molecule has 2 aromatic carbocycles. The summed E-state index contributed by atoms with van der Waals surface area (Å²) in [7, 11) is 1.38. The van der Waals surface area contributed by atoms with E-state index in [1.807, 2.05) is 35.2 Å². The smallest absolute Gasteiger partial charge is 0.404 e. The molecule has 0 spiro atoms. The molecule has 1 fully saturated rings. The van der Waals surface area contributed by atoms with Gasteiger partial charge in [0, 0.05) is 38.0 Å². The molecule has 2 aliphatic heterocycles. The van der Waals surface area contributed by atoms with Crippen LogP contribution in [-0.4, -0.2) is 43.6 Å². The Morgan fingerprint density at radius 3 is 2.60 bits per heavy atom. The van der Waals surface area contributed by atoms with Gasteiger partial charge in [-0.1, -0.05) is 35.5 Å². The number of carbonyl (C=O) groups excluding carboxylic acids is 1. The zero-order valence-corrected chi connectivity index (χ0v) is 16.5. The Morgan fingerprint density at radius 1 is 1.30 bits per heavy atom. The minimum atomic E-state index is -0.742. The molecule has 1 amide bonds. The first-order chi connectivity index (χ1) is 14.5. The van der Waals surface area contributed by atoms with Crippen LogP contribution in [0.1, 0.15) is 24.9 Å². The van der Waals surface area contributed by atoms with Gasteiger partial charge in [-0.15, -0.1) is 0 Å². The summed E-state index contributed by atoms with van der Waals surface area (Å²) in [5.41, 5.74) is 5.82. The van der Waals surface area contributed by atoms with E-state index in [1.165, 1.54) is 19.2 Å². The summed E-state index contributed by atoms with van der Waals surface area (Å²) in [4.78, 5) is 17.2. The van der Waals surface area contributed by atoms with Gasteiger partial charge in [-0.2, -0.15) is 0 Å². The van der Waals surface area contributed by atoms with E-state index in [4.69, 9.17) is 15.3 Å². The Bertz CT molecular complexity index is 892. The monoisotopic (exact) mass is 421 g/mol. The summed E-state index contributed by atoms with van der Waals surface area (Å²) >= 11 is 0. The third kappa shape index (κ3) is 5.37. The van der Waals surface area contributed by atoms with Crippen LogP contribution in [0.5, 0.6) is 5.75 Å². The van der Waals surface area contributed by atoms with Crippen LogP contribution >= 0.6 is 0 Å². The second-order valence-corrected chi connectivity index (χ2v) is 6.79. The summed E-state index contributed by atoms with van der Waals surface area (Å²) in [6, 6.07) is 11.8. The van der Waals surface area contributed by atoms with E-state index in [2.05, 4.69) is 9.89 Å². The molecule has 9 heteroatoms. The maximum absolute atomic E-state index is 14.0. The number of hydrogen-bond acceptors (Lipinski definition) is 6. The maximum atomic E-state index is 14.0. The average molecular weight is 421 g/mol. The fraction of sp³-hybridized carbons (Fsp3) is 0.333. The highest BCUT2D eigenvalue weighted by Gasteiger charge is 2.34. The minimum Gasteiger partial charge on any atom is -0.497 e. The second-order valence-electron chi connectivity index (χ2n) is 6.79. The minimum absolute atomic E-state index is 0. The van der Waals surface area contributed by atoms with Crippen LogP contribution < -0.4 is 10.5 Å². The number of nitrogens with two attached hydrogens (primary N) is 1. The second kappa shape index (κ2) is 9.91. The van der Waals surface area contributed by atoms with Crippen molar-refractivity contribution >= 4 is 11.9 Å². The topological polar surface area (TPSA) is 86.4 Å². The van der Waals surface area contributed by atoms with Crippen molar-refractivity contribution in [1.29, 1.82) is 0 Å². The van der Waals surface area contributed by atoms with Gasteiger partial charge in [0.25, 0.3) is 0 Å². The number of amidine groups is 1. The highest BCUT2D eigenvalue weighted by atomic mass is 19.1. The van der Waals surface area contributed by atoms with Gasteiger partial charge >= 0.3 is 6.09 Å². The van der Waals surface area contributed by atoms with Crippen molar-refractivity contribution in [2.45, 2.75) is 18.9 Å². The Hall–Kier alpha value is -3.36. The maximum Gasteiger partial charge on any atom is 0.404 e. The third-order valence-corrected chi connectivity index (χ3v) is 4.78. The van der Waals surface area contributed by atoms with Gasteiger partial charge in [-0.05, 0) is 5.56 Å². The molecule has 30 heavy (non-hydrogen) atoms. The van der Waals surface area contributed by atoms with Crippen LogP contribution in [-0.2, 0) is 16.2 Å². The summed E-state index contributed by atoms with van der Waals surface area (Å²) in [5.74, 6) is -0.404. The molecule has 1 saturated heterocycles. The molecule has 7 nitrogen and oxygen atoms in total. The molecule has 0 aromatic heterocycles. The lowest BCUT2D eigenvalue weighted by atomic mass is 9.97. The zero-order chi connectivity index (χ0) is 21.5. The van der Waals surface area contributed by atoms with Crippen molar-refractivity contribution in [3.63, 3.8) is 0 Å². The highest BCUT2D eigenvalue weighted by molar-refractivity contribution is 5.85. The van der Waals surface area contributed by atoms with Gasteiger partial charge in [-0.3, -0.25) is 0 Å². The quantitative estimate of drug-likeness (QED) is 0.815. The average Bonchev–Trinajstić information content (AvgIpc) is 3.16. The molecule has 0 aliphatic carbocycles. The number of primary amides is 1. The van der Waals surface area contributed by atoms with E-state index >= 15 is 0 Å². The molecular formula is C21H25F2N3O4. The SMILES string of the molecule is COc1cc(F)c([C@H]2CC3=NOCCN3C2)c(F)c1.NC(=O)OCc1ccccc1.[HH]. The van der Waals surface area contributed by atoms with Gasteiger partial charge < -0.3 is 24.9 Å². The standard InChI is InChI=1S/C13H14F2N2O2.C8H9NO2.H2/c1-18-9-5-10(14)13(11(15)6-9)8-4-12-16-19-3-2-17(12)7-8;9-8(10)11-6-7-4-2-1-3-5-7;/h5-6,8H,2-4,7H2,1H3;1-5H,6H2,(H2,9,10);1H/t8-;;/m0../s1. The Labute approximate surface area is 174 Å². The number of rotatable bonds is 4. The van der Waals surface area contributed by atoms with E-state index in [0.29, 0.717) is 26.1 Å². The molecule has 2 aliphatic rings. The van der Waals surface area contributed by atoms with Gasteiger partial charge in [0.2, 0.25) is 0 Å². The summed E-state index contributed by atoms with van der Waals surface area (Å²) in [5, 5.41) is 3.93. The number of carbonyl (C=O) groups is 1. The number of oxime groups is 1. The molecule has 0 unspecified atom stereocenters. The number of halogens is 2. The first-order valence-electron chi connectivity index (χ1n) is 9.40. The molecule has 4 rings (SSSR count). The number of ether oxygens (including phenoxy) is 2. The van der Waals surface area contributed by atoms with Crippen LogP contribution in [0.15, 0.2) is 47.6 Å². The molecule has 2 aromatic rings. The molecule has 2 N–H and O–H groups in total. The van der Waals surface area contributed by atoms with E-state index in [9.17, 15) is 13.6 Å². The fourth-order valence-corrected chi connectivity index (χ4v) is 3.36. The van der Waals surface area contributed by atoms with Crippen molar-refractivity contribution in [2.24, 2.45) is 10.9 Å². The largest absolute Gasteiger partial charge is 0.497 e. The normalized spacial score (nSPS) is 17.1. The number of benzene rings is 2. The number of amides is 1. The summed E-state index contributed by atoms with van der Waals surface area (Å²) in [6.07, 6.45) is -0.242. The summed E-state index contributed by atoms with van der Waals surface area (Å²) < 4.78 is 37.5. The molecule has 0 bridgehead atoms. The fourth-order valence-electron chi connectivity index (χ4n) is 3.36. The van der Waals surface area contributed by atoms with Gasteiger partial charge in [-0.25, -0.2) is 13.6 Å². The van der Waals surface area contributed by atoms with E-state index in [1.54, 1.807) is 0 Å². The van der Waals surface area contributed by atoms with Gasteiger partial charge in [0.1, 0.15) is 36.4 Å². The zero-order valence-electron chi connectivity index (χ0n) is 16.5. The molecule has 0 radical (unpaired) electrons. The van der Waals surface area contributed by atoms with Crippen LogP contribution in [0.4, 0.5) is 13.6 Å². The highest BCUT2D eigenvalue weighted by Crippen LogP contribution is 2.34. The van der Waals surface area contributed by atoms with Crippen molar-refractivity contribution < 1.29 is 29.3 Å². The Morgan fingerprint density at radius 2 is 2.00 bits per heavy atom. The predicted molar refractivity (Wildman–Crippen MR) is 108 cm³/mol. The lowest BCUT2D eigenvalue weighted by Gasteiger charge is -2.21. The molecule has 2 heterocycles. The van der Waals surface area contributed by atoms with Gasteiger partial charge in [0.15, 0.2) is 0 Å². The Kier molecular flexibility index (Phi) is 7.05. The van der Waals surface area contributed by atoms with Crippen LogP contribution in [0.2, 0.25) is 0 Å². The van der Waals surface area contributed by atoms with Crippen LogP contribution in [0, 0.1) is 11.6 Å². The molecule has 0 saturated carbocycles. The first kappa shape index (κ1) is 21.4. The third-order valence-electron chi connectivity index (χ3n) is 4.78. The Balaban J connectivity index is 0.000000245. The number of nitrogens with zero attached hydrogens (tertiary/aromatic N) is 2. The molecular weight excluding hydrogens is 396 g/mol. The summed E-state index contributed by atoms with van der Waals surface area (Å²) in [6.45, 7) is 2.05. The van der Waals surface area contributed by atoms with Crippen molar-refractivity contribution in [1.82, 2.24) is 4.90 Å². The van der Waals surface area contributed by atoms with Gasteiger partial charge in [0.05, 0.1) is 13.7 Å². The van der Waals surface area contributed by atoms with Crippen molar-refractivity contribution in [3.05, 3.63) is 65.2 Å². The van der Waals surface area contributed by atoms with E-state index < -0.39 is 17.7 Å². The predicted octanol–water partition coefficient (Wildman–Crippen LogP) is 3.63. The van der Waals surface area contributed by atoms with Crippen molar-refractivity contribution in [2.75, 3.05) is 26.8 Å². The number of hydrogen-bond donors (Lipinski definition) is 1. The number of fused-ring (bicyclic) bond motifs is 1. The molecule has 1 atom stereocenters. The van der Waals surface area contributed by atoms with Crippen LogP contribution in [0.3, 0.4) is 0 Å². The van der Waals surface area contributed by atoms with Crippen LogP contribution in [0.25, 0.3) is 0 Å². The molecule has 162 valence electrons. The lowest BCUT2D eigenvalue weighted by molar-refractivity contribution is 0.106. The lowest BCUT2D eigenvalue weighted by Crippen LogP contribution is -2.32. The van der Waals surface area contributed by atoms with E-state index in [-0.39, 0.29) is 25.3 Å².